The first kappa shape index (κ1) is 17.4. The Balaban J connectivity index is 0.000000295. The van der Waals surface area contributed by atoms with Gasteiger partial charge in [-0.1, -0.05) is 60.7 Å². The van der Waals surface area contributed by atoms with Crippen LogP contribution in [-0.4, -0.2) is 22.2 Å². The van der Waals surface area contributed by atoms with Crippen LogP contribution in [0.15, 0.2) is 60.7 Å². The predicted molar refractivity (Wildman–Crippen MR) is 83.3 cm³/mol. The number of carboxylic acids is 2. The van der Waals surface area contributed by atoms with Crippen molar-refractivity contribution >= 4 is 11.9 Å². The number of rotatable bonds is 6. The van der Waals surface area contributed by atoms with Crippen LogP contribution in [0, 0.1) is 0 Å². The molecule has 0 saturated heterocycles. The van der Waals surface area contributed by atoms with E-state index < -0.39 is 18.4 Å². The second kappa shape index (κ2) is 10.1. The van der Waals surface area contributed by atoms with Crippen molar-refractivity contribution in [3.8, 4) is 0 Å². The van der Waals surface area contributed by atoms with Gasteiger partial charge in [-0.05, 0) is 11.1 Å². The fourth-order valence-electron chi connectivity index (χ4n) is 1.67. The quantitative estimate of drug-likeness (QED) is 0.714. The third-order valence-corrected chi connectivity index (χ3v) is 2.65. The highest BCUT2D eigenvalue weighted by molar-refractivity contribution is 5.88. The average Bonchev–Trinajstić information content (AvgIpc) is 2.49. The molecule has 5 heteroatoms. The molecule has 0 amide bonds. The summed E-state index contributed by atoms with van der Waals surface area (Å²) in [5.41, 5.74) is 2.65. The third kappa shape index (κ3) is 8.50. The van der Waals surface area contributed by atoms with Crippen molar-refractivity contribution in [3.05, 3.63) is 71.8 Å². The lowest BCUT2D eigenvalue weighted by molar-refractivity contribution is -0.147. The summed E-state index contributed by atoms with van der Waals surface area (Å²) in [5.74, 6) is -2.62. The second-order valence-electron chi connectivity index (χ2n) is 4.54. The van der Waals surface area contributed by atoms with Crippen LogP contribution in [0.2, 0.25) is 0 Å². The molecule has 3 N–H and O–H groups in total. The van der Waals surface area contributed by atoms with Gasteiger partial charge in [0, 0.05) is 13.1 Å². The Bertz CT molecular complexity index is 518. The molecule has 0 aliphatic heterocycles. The van der Waals surface area contributed by atoms with Gasteiger partial charge < -0.3 is 15.5 Å². The zero-order valence-electron chi connectivity index (χ0n) is 12.1. The minimum atomic E-state index is -1.31. The molecule has 0 aliphatic rings. The average molecular weight is 301 g/mol. The normalized spacial score (nSPS) is 9.45. The minimum Gasteiger partial charge on any atom is -0.481 e. The molecule has 0 heterocycles. The molecule has 116 valence electrons. The Morgan fingerprint density at radius 2 is 1.09 bits per heavy atom. The number of benzene rings is 2. The van der Waals surface area contributed by atoms with Crippen LogP contribution in [0.4, 0.5) is 0 Å². The summed E-state index contributed by atoms with van der Waals surface area (Å²) in [6, 6.07) is 20.9. The molecular formula is C17H19NO4. The van der Waals surface area contributed by atoms with Gasteiger partial charge in [0.2, 0.25) is 0 Å². The first-order valence-electron chi connectivity index (χ1n) is 6.80. The van der Waals surface area contributed by atoms with E-state index in [2.05, 4.69) is 53.8 Å². The van der Waals surface area contributed by atoms with Gasteiger partial charge in [-0.2, -0.15) is 0 Å². The van der Waals surface area contributed by atoms with Crippen molar-refractivity contribution in [3.63, 3.8) is 0 Å². The van der Waals surface area contributed by atoms with Gasteiger partial charge in [0.15, 0.2) is 0 Å². The van der Waals surface area contributed by atoms with E-state index >= 15 is 0 Å². The maximum absolute atomic E-state index is 9.43. The molecule has 5 nitrogen and oxygen atoms in total. The van der Waals surface area contributed by atoms with E-state index in [0.29, 0.717) is 0 Å². The van der Waals surface area contributed by atoms with Crippen molar-refractivity contribution in [1.82, 2.24) is 5.32 Å². The molecule has 0 bridgehead atoms. The zero-order valence-corrected chi connectivity index (χ0v) is 12.1. The highest BCUT2D eigenvalue weighted by atomic mass is 16.4. The molecular weight excluding hydrogens is 282 g/mol. The smallest absolute Gasteiger partial charge is 0.314 e. The first-order chi connectivity index (χ1) is 10.6. The van der Waals surface area contributed by atoms with E-state index in [4.69, 9.17) is 10.2 Å². The number of carboxylic acid groups (broad SMARTS) is 2. The highest BCUT2D eigenvalue weighted by Gasteiger charge is 2.01. The Labute approximate surface area is 129 Å². The summed E-state index contributed by atoms with van der Waals surface area (Å²) in [4.78, 5) is 18.9. The summed E-state index contributed by atoms with van der Waals surface area (Å²) in [5, 5.41) is 18.8. The van der Waals surface area contributed by atoms with Crippen LogP contribution in [0.1, 0.15) is 17.5 Å². The van der Waals surface area contributed by atoms with Crippen LogP contribution in [0.5, 0.6) is 0 Å². The van der Waals surface area contributed by atoms with E-state index in [0.717, 1.165) is 13.1 Å². The van der Waals surface area contributed by atoms with Crippen LogP contribution >= 0.6 is 0 Å². The van der Waals surface area contributed by atoms with Gasteiger partial charge in [-0.3, -0.25) is 9.59 Å². The molecule has 2 rings (SSSR count). The largest absolute Gasteiger partial charge is 0.481 e. The number of nitrogens with one attached hydrogen (secondary N) is 1. The topological polar surface area (TPSA) is 86.6 Å². The molecule has 0 fully saturated rings. The molecule has 0 spiro atoms. The monoisotopic (exact) mass is 301 g/mol. The molecule has 0 aliphatic carbocycles. The third-order valence-electron chi connectivity index (χ3n) is 2.65. The van der Waals surface area contributed by atoms with Crippen LogP contribution in [-0.2, 0) is 22.7 Å². The molecule has 22 heavy (non-hydrogen) atoms. The predicted octanol–water partition coefficient (Wildman–Crippen LogP) is 2.52. The van der Waals surface area contributed by atoms with Gasteiger partial charge in [-0.25, -0.2) is 0 Å². The van der Waals surface area contributed by atoms with E-state index in [-0.39, 0.29) is 0 Å². The fourth-order valence-corrected chi connectivity index (χ4v) is 1.67. The SMILES string of the molecule is O=C(O)CC(=O)O.c1ccc(CNCc2ccccc2)cc1. The highest BCUT2D eigenvalue weighted by Crippen LogP contribution is 2.00. The maximum Gasteiger partial charge on any atom is 0.314 e. The number of carbonyl (C=O) groups is 2. The van der Waals surface area contributed by atoms with Crippen molar-refractivity contribution in [2.45, 2.75) is 19.5 Å². The van der Waals surface area contributed by atoms with Gasteiger partial charge in [0.05, 0.1) is 0 Å². The summed E-state index contributed by atoms with van der Waals surface area (Å²) < 4.78 is 0. The molecule has 0 radical (unpaired) electrons. The Morgan fingerprint density at radius 3 is 1.36 bits per heavy atom. The number of hydrogen-bond acceptors (Lipinski definition) is 3. The van der Waals surface area contributed by atoms with Crippen molar-refractivity contribution in [2.24, 2.45) is 0 Å². The van der Waals surface area contributed by atoms with Crippen molar-refractivity contribution < 1.29 is 19.8 Å². The molecule has 2 aromatic carbocycles. The van der Waals surface area contributed by atoms with Crippen LogP contribution < -0.4 is 5.32 Å². The van der Waals surface area contributed by atoms with E-state index in [9.17, 15) is 9.59 Å². The van der Waals surface area contributed by atoms with E-state index in [1.54, 1.807) is 0 Å². The second-order valence-corrected chi connectivity index (χ2v) is 4.54. The van der Waals surface area contributed by atoms with Gasteiger partial charge >= 0.3 is 11.9 Å². The standard InChI is InChI=1S/C14H15N.C3H4O4/c1-3-7-13(8-4-1)11-15-12-14-9-5-2-6-10-14;4-2(5)1-3(6)7/h1-10,15H,11-12H2;1H2,(H,4,5)(H,6,7). The van der Waals surface area contributed by atoms with Crippen molar-refractivity contribution in [1.29, 1.82) is 0 Å². The summed E-state index contributed by atoms with van der Waals surface area (Å²) in [7, 11) is 0. The van der Waals surface area contributed by atoms with Gasteiger partial charge in [0.25, 0.3) is 0 Å². The molecule has 0 unspecified atom stereocenters. The summed E-state index contributed by atoms with van der Waals surface area (Å²) in [6.45, 7) is 1.85. The van der Waals surface area contributed by atoms with E-state index in [1.807, 2.05) is 12.1 Å². The lowest BCUT2D eigenvalue weighted by Crippen LogP contribution is -2.12. The Morgan fingerprint density at radius 1 is 0.727 bits per heavy atom. The van der Waals surface area contributed by atoms with Crippen LogP contribution in [0.25, 0.3) is 0 Å². The molecule has 2 aromatic rings. The van der Waals surface area contributed by atoms with Crippen LogP contribution in [0.3, 0.4) is 0 Å². The van der Waals surface area contributed by atoms with Gasteiger partial charge in [-0.15, -0.1) is 0 Å². The summed E-state index contributed by atoms with van der Waals surface area (Å²) in [6.07, 6.45) is -0.806. The number of hydrogen-bond donors (Lipinski definition) is 3. The zero-order chi connectivity index (χ0) is 16.2. The lowest BCUT2D eigenvalue weighted by Gasteiger charge is -2.04. The molecule has 0 atom stereocenters. The van der Waals surface area contributed by atoms with Gasteiger partial charge in [0.1, 0.15) is 6.42 Å². The fraction of sp³-hybridized carbons (Fsp3) is 0.176. The Hall–Kier alpha value is -2.66. The van der Waals surface area contributed by atoms with Crippen molar-refractivity contribution in [2.75, 3.05) is 0 Å². The first-order valence-corrected chi connectivity index (χ1v) is 6.80. The Kier molecular flexibility index (Phi) is 8.00. The number of aliphatic carboxylic acids is 2. The molecule has 0 saturated carbocycles. The minimum absolute atomic E-state index is 0.806. The summed E-state index contributed by atoms with van der Waals surface area (Å²) >= 11 is 0. The maximum atomic E-state index is 9.43. The molecule has 0 aromatic heterocycles. The lowest BCUT2D eigenvalue weighted by atomic mass is 10.2. The van der Waals surface area contributed by atoms with E-state index in [1.165, 1.54) is 11.1 Å².